The standard InChI is InChI=1S/C14H19N3O2S2/c1-11-16-14(9-20-11)8-17(2)21(18,19)10-13-5-3-4-12(6-13)7-15/h3-6,9H,7-8,10,15H2,1-2H3. The van der Waals surface area contributed by atoms with Crippen LogP contribution in [0.4, 0.5) is 0 Å². The van der Waals surface area contributed by atoms with E-state index in [0.29, 0.717) is 13.1 Å². The number of sulfonamides is 1. The number of nitrogens with two attached hydrogens (primary N) is 1. The van der Waals surface area contributed by atoms with E-state index in [2.05, 4.69) is 4.98 Å². The maximum atomic E-state index is 12.4. The summed E-state index contributed by atoms with van der Waals surface area (Å²) in [4.78, 5) is 4.29. The van der Waals surface area contributed by atoms with Crippen LogP contribution in [0.15, 0.2) is 29.6 Å². The maximum Gasteiger partial charge on any atom is 0.218 e. The third-order valence-electron chi connectivity index (χ3n) is 3.10. The molecule has 0 radical (unpaired) electrons. The van der Waals surface area contributed by atoms with Crippen molar-refractivity contribution in [2.75, 3.05) is 7.05 Å². The molecule has 0 atom stereocenters. The maximum absolute atomic E-state index is 12.4. The highest BCUT2D eigenvalue weighted by Crippen LogP contribution is 2.15. The molecule has 0 amide bonds. The highest BCUT2D eigenvalue weighted by atomic mass is 32.2. The van der Waals surface area contributed by atoms with E-state index in [4.69, 9.17) is 5.73 Å². The Hall–Kier alpha value is -1.28. The number of nitrogens with zero attached hydrogens (tertiary/aromatic N) is 2. The Kier molecular flexibility index (Phi) is 5.10. The normalized spacial score (nSPS) is 12.0. The van der Waals surface area contributed by atoms with Gasteiger partial charge < -0.3 is 5.73 Å². The fourth-order valence-electron chi connectivity index (χ4n) is 1.97. The van der Waals surface area contributed by atoms with Crippen molar-refractivity contribution in [2.45, 2.75) is 25.8 Å². The highest BCUT2D eigenvalue weighted by Gasteiger charge is 2.19. The van der Waals surface area contributed by atoms with Gasteiger partial charge in [-0.15, -0.1) is 11.3 Å². The zero-order valence-electron chi connectivity index (χ0n) is 12.1. The second-order valence-electron chi connectivity index (χ2n) is 4.89. The minimum absolute atomic E-state index is 0.0273. The molecule has 5 nitrogen and oxygen atoms in total. The first kappa shape index (κ1) is 16.1. The van der Waals surface area contributed by atoms with Gasteiger partial charge in [-0.25, -0.2) is 13.4 Å². The Balaban J connectivity index is 2.09. The first-order valence-corrected chi connectivity index (χ1v) is 9.02. The van der Waals surface area contributed by atoms with Crippen molar-refractivity contribution in [1.82, 2.24) is 9.29 Å². The van der Waals surface area contributed by atoms with Crippen LogP contribution in [0.3, 0.4) is 0 Å². The summed E-state index contributed by atoms with van der Waals surface area (Å²) in [6, 6.07) is 7.35. The van der Waals surface area contributed by atoms with Gasteiger partial charge in [-0.2, -0.15) is 4.31 Å². The molecule has 21 heavy (non-hydrogen) atoms. The molecule has 1 aromatic heterocycles. The third-order valence-corrected chi connectivity index (χ3v) is 5.70. The van der Waals surface area contributed by atoms with Crippen LogP contribution in [-0.4, -0.2) is 24.8 Å². The second kappa shape index (κ2) is 6.65. The van der Waals surface area contributed by atoms with Gasteiger partial charge in [-0.1, -0.05) is 24.3 Å². The van der Waals surface area contributed by atoms with Crippen LogP contribution in [0.25, 0.3) is 0 Å². The van der Waals surface area contributed by atoms with Gasteiger partial charge in [0.05, 0.1) is 23.0 Å². The van der Waals surface area contributed by atoms with Gasteiger partial charge in [-0.05, 0) is 18.1 Å². The van der Waals surface area contributed by atoms with Crippen molar-refractivity contribution in [3.8, 4) is 0 Å². The minimum atomic E-state index is -3.37. The monoisotopic (exact) mass is 325 g/mol. The molecule has 0 unspecified atom stereocenters. The van der Waals surface area contributed by atoms with Gasteiger partial charge in [-0.3, -0.25) is 0 Å². The summed E-state index contributed by atoms with van der Waals surface area (Å²) in [5.74, 6) is -0.0273. The van der Waals surface area contributed by atoms with Crippen LogP contribution in [-0.2, 0) is 28.9 Å². The highest BCUT2D eigenvalue weighted by molar-refractivity contribution is 7.88. The second-order valence-corrected chi connectivity index (χ2v) is 8.03. The zero-order chi connectivity index (χ0) is 15.5. The zero-order valence-corrected chi connectivity index (χ0v) is 13.7. The van der Waals surface area contributed by atoms with E-state index in [1.165, 1.54) is 15.6 Å². The summed E-state index contributed by atoms with van der Waals surface area (Å²) < 4.78 is 26.1. The Labute approximate surface area is 129 Å². The van der Waals surface area contributed by atoms with Crippen LogP contribution in [0.1, 0.15) is 21.8 Å². The number of thiazole rings is 1. The van der Waals surface area contributed by atoms with Crippen molar-refractivity contribution in [3.63, 3.8) is 0 Å². The van der Waals surface area contributed by atoms with E-state index in [9.17, 15) is 8.42 Å². The molecule has 0 aliphatic rings. The lowest BCUT2D eigenvalue weighted by Crippen LogP contribution is -2.28. The lowest BCUT2D eigenvalue weighted by molar-refractivity contribution is 0.462. The summed E-state index contributed by atoms with van der Waals surface area (Å²) in [5.41, 5.74) is 8.04. The van der Waals surface area contributed by atoms with E-state index >= 15 is 0 Å². The topological polar surface area (TPSA) is 76.3 Å². The smallest absolute Gasteiger partial charge is 0.218 e. The third kappa shape index (κ3) is 4.34. The number of aryl methyl sites for hydroxylation is 1. The molecule has 0 fully saturated rings. The SMILES string of the molecule is Cc1nc(CN(C)S(=O)(=O)Cc2cccc(CN)c2)cs1. The number of hydrogen-bond donors (Lipinski definition) is 1. The van der Waals surface area contributed by atoms with E-state index in [1.54, 1.807) is 13.1 Å². The molecule has 0 saturated carbocycles. The van der Waals surface area contributed by atoms with Crippen molar-refractivity contribution in [1.29, 1.82) is 0 Å². The van der Waals surface area contributed by atoms with Crippen LogP contribution >= 0.6 is 11.3 Å². The molecule has 0 spiro atoms. The van der Waals surface area contributed by atoms with Gasteiger partial charge >= 0.3 is 0 Å². The molecular weight excluding hydrogens is 306 g/mol. The quantitative estimate of drug-likeness (QED) is 0.879. The molecule has 2 N–H and O–H groups in total. The molecule has 0 bridgehead atoms. The molecular formula is C14H19N3O2S2. The van der Waals surface area contributed by atoms with E-state index in [0.717, 1.165) is 21.8 Å². The van der Waals surface area contributed by atoms with Crippen LogP contribution in [0, 0.1) is 6.92 Å². The van der Waals surface area contributed by atoms with Crippen LogP contribution < -0.4 is 5.73 Å². The van der Waals surface area contributed by atoms with Crippen molar-refractivity contribution >= 4 is 21.4 Å². The molecule has 114 valence electrons. The predicted octanol–water partition coefficient (Wildman–Crippen LogP) is 1.87. The summed E-state index contributed by atoms with van der Waals surface area (Å²) in [5, 5.41) is 2.82. The number of aromatic nitrogens is 1. The van der Waals surface area contributed by atoms with Gasteiger partial charge in [0, 0.05) is 19.0 Å². The van der Waals surface area contributed by atoms with E-state index in [1.807, 2.05) is 30.5 Å². The molecule has 0 aliphatic carbocycles. The molecule has 0 aliphatic heterocycles. The average Bonchev–Trinajstić information content (AvgIpc) is 2.83. The van der Waals surface area contributed by atoms with Crippen molar-refractivity contribution < 1.29 is 8.42 Å². The fraction of sp³-hybridized carbons (Fsp3) is 0.357. The lowest BCUT2D eigenvalue weighted by Gasteiger charge is -2.16. The van der Waals surface area contributed by atoms with Crippen molar-refractivity contribution in [3.05, 3.63) is 51.5 Å². The summed E-state index contributed by atoms with van der Waals surface area (Å²) >= 11 is 1.52. The number of benzene rings is 1. The van der Waals surface area contributed by atoms with E-state index < -0.39 is 10.0 Å². The lowest BCUT2D eigenvalue weighted by atomic mass is 10.1. The molecule has 1 heterocycles. The first-order valence-electron chi connectivity index (χ1n) is 6.53. The molecule has 2 rings (SSSR count). The molecule has 7 heteroatoms. The van der Waals surface area contributed by atoms with E-state index in [-0.39, 0.29) is 5.75 Å². The van der Waals surface area contributed by atoms with Gasteiger partial charge in [0.2, 0.25) is 10.0 Å². The number of hydrogen-bond acceptors (Lipinski definition) is 5. The van der Waals surface area contributed by atoms with Crippen molar-refractivity contribution in [2.24, 2.45) is 5.73 Å². The first-order chi connectivity index (χ1) is 9.90. The van der Waals surface area contributed by atoms with Gasteiger partial charge in [0.25, 0.3) is 0 Å². The van der Waals surface area contributed by atoms with Crippen LogP contribution in [0.2, 0.25) is 0 Å². The average molecular weight is 325 g/mol. The Morgan fingerprint density at radius 2 is 2.05 bits per heavy atom. The Bertz CT molecular complexity index is 711. The predicted molar refractivity (Wildman–Crippen MR) is 85.3 cm³/mol. The number of rotatable bonds is 6. The Morgan fingerprint density at radius 3 is 2.67 bits per heavy atom. The minimum Gasteiger partial charge on any atom is -0.326 e. The van der Waals surface area contributed by atoms with Gasteiger partial charge in [0.1, 0.15) is 0 Å². The van der Waals surface area contributed by atoms with Gasteiger partial charge in [0.15, 0.2) is 0 Å². The summed E-state index contributed by atoms with van der Waals surface area (Å²) in [6.45, 7) is 2.60. The van der Waals surface area contributed by atoms with Crippen LogP contribution in [0.5, 0.6) is 0 Å². The molecule has 2 aromatic rings. The molecule has 0 saturated heterocycles. The summed E-state index contributed by atoms with van der Waals surface area (Å²) in [7, 11) is -1.79. The summed E-state index contributed by atoms with van der Waals surface area (Å²) in [6.07, 6.45) is 0. The Morgan fingerprint density at radius 1 is 1.33 bits per heavy atom. The largest absolute Gasteiger partial charge is 0.326 e. The fourth-order valence-corrected chi connectivity index (χ4v) is 3.73. The molecule has 1 aromatic carbocycles.